The van der Waals surface area contributed by atoms with Gasteiger partial charge in [-0.2, -0.15) is 4.98 Å². The quantitative estimate of drug-likeness (QED) is 0.884. The fourth-order valence-electron chi connectivity index (χ4n) is 2.56. The first-order valence-electron chi connectivity index (χ1n) is 7.27. The summed E-state index contributed by atoms with van der Waals surface area (Å²) in [6, 6.07) is 8.50. The Morgan fingerprint density at radius 2 is 2.14 bits per heavy atom. The molecule has 2 aromatic rings. The zero-order valence-electron chi connectivity index (χ0n) is 12.5. The molecule has 0 amide bonds. The molecule has 2 heterocycles. The van der Waals surface area contributed by atoms with E-state index in [1.807, 2.05) is 24.3 Å². The molecular weight excluding hydrogens is 266 g/mol. The van der Waals surface area contributed by atoms with Gasteiger partial charge in [-0.25, -0.2) is 0 Å². The Kier molecular flexibility index (Phi) is 4.06. The highest BCUT2D eigenvalue weighted by atomic mass is 16.5. The molecular formula is C15H21N5O. The number of anilines is 1. The van der Waals surface area contributed by atoms with Gasteiger partial charge in [0.25, 0.3) is 0 Å². The van der Waals surface area contributed by atoms with Crippen LogP contribution in [-0.4, -0.2) is 48.0 Å². The minimum atomic E-state index is 0.474. The molecule has 1 aliphatic heterocycles. The first kappa shape index (κ1) is 13.9. The summed E-state index contributed by atoms with van der Waals surface area (Å²) in [4.78, 5) is 6.82. The molecule has 112 valence electrons. The van der Waals surface area contributed by atoms with Crippen LogP contribution >= 0.6 is 0 Å². The van der Waals surface area contributed by atoms with Gasteiger partial charge in [0.2, 0.25) is 5.95 Å². The number of nitrogens with one attached hydrogen (secondary N) is 2. The van der Waals surface area contributed by atoms with E-state index >= 15 is 0 Å². The van der Waals surface area contributed by atoms with Crippen LogP contribution in [0.2, 0.25) is 0 Å². The van der Waals surface area contributed by atoms with Crippen LogP contribution in [0, 0.1) is 0 Å². The lowest BCUT2D eigenvalue weighted by atomic mass is 10.1. The van der Waals surface area contributed by atoms with Crippen LogP contribution in [0.5, 0.6) is 5.75 Å². The van der Waals surface area contributed by atoms with Crippen molar-refractivity contribution in [2.75, 3.05) is 31.6 Å². The molecule has 1 aliphatic rings. The SMILES string of the molecule is COc1ccc(Cc2nc(N3CCN[C@H](C)C3)n[nH]2)cc1. The molecule has 0 spiro atoms. The highest BCUT2D eigenvalue weighted by Gasteiger charge is 2.19. The summed E-state index contributed by atoms with van der Waals surface area (Å²) >= 11 is 0. The number of methoxy groups -OCH3 is 1. The smallest absolute Gasteiger partial charge is 0.244 e. The molecule has 1 aromatic carbocycles. The van der Waals surface area contributed by atoms with E-state index in [0.29, 0.717) is 6.04 Å². The van der Waals surface area contributed by atoms with Crippen molar-refractivity contribution in [1.29, 1.82) is 0 Å². The second-order valence-corrected chi connectivity index (χ2v) is 5.41. The van der Waals surface area contributed by atoms with Crippen molar-refractivity contribution < 1.29 is 4.74 Å². The molecule has 0 radical (unpaired) electrons. The van der Waals surface area contributed by atoms with E-state index < -0.39 is 0 Å². The van der Waals surface area contributed by atoms with Crippen molar-refractivity contribution in [3.8, 4) is 5.75 Å². The number of ether oxygens (including phenoxy) is 1. The molecule has 1 saturated heterocycles. The molecule has 0 saturated carbocycles. The first-order chi connectivity index (χ1) is 10.2. The molecule has 1 fully saturated rings. The monoisotopic (exact) mass is 287 g/mol. The van der Waals surface area contributed by atoms with Crippen LogP contribution in [0.1, 0.15) is 18.3 Å². The number of aromatic amines is 1. The Morgan fingerprint density at radius 3 is 2.86 bits per heavy atom. The fraction of sp³-hybridized carbons (Fsp3) is 0.467. The Hall–Kier alpha value is -2.08. The van der Waals surface area contributed by atoms with Gasteiger partial charge in [0, 0.05) is 32.1 Å². The first-order valence-corrected chi connectivity index (χ1v) is 7.27. The minimum Gasteiger partial charge on any atom is -0.497 e. The third-order valence-electron chi connectivity index (χ3n) is 3.70. The Morgan fingerprint density at radius 1 is 1.33 bits per heavy atom. The number of benzene rings is 1. The number of nitrogens with zero attached hydrogens (tertiary/aromatic N) is 3. The summed E-state index contributed by atoms with van der Waals surface area (Å²) in [6.07, 6.45) is 0.749. The number of aromatic nitrogens is 3. The van der Waals surface area contributed by atoms with E-state index in [9.17, 15) is 0 Å². The lowest BCUT2D eigenvalue weighted by Gasteiger charge is -2.30. The number of hydrogen-bond donors (Lipinski definition) is 2. The van der Waals surface area contributed by atoms with E-state index in [1.165, 1.54) is 5.56 Å². The van der Waals surface area contributed by atoms with E-state index in [0.717, 1.165) is 43.6 Å². The van der Waals surface area contributed by atoms with Crippen molar-refractivity contribution >= 4 is 5.95 Å². The molecule has 0 bridgehead atoms. The maximum absolute atomic E-state index is 5.16. The van der Waals surface area contributed by atoms with Gasteiger partial charge in [0.05, 0.1) is 7.11 Å². The molecule has 0 unspecified atom stereocenters. The van der Waals surface area contributed by atoms with Crippen molar-refractivity contribution in [2.24, 2.45) is 0 Å². The van der Waals surface area contributed by atoms with Gasteiger partial charge >= 0.3 is 0 Å². The number of H-pyrrole nitrogens is 1. The summed E-state index contributed by atoms with van der Waals surface area (Å²) in [5.74, 6) is 2.56. The standard InChI is InChI=1S/C15H21N5O/c1-11-10-20(8-7-16-11)15-17-14(18-19-15)9-12-3-5-13(21-2)6-4-12/h3-6,11,16H,7-10H2,1-2H3,(H,17,18,19)/t11-/m1/s1. The zero-order valence-corrected chi connectivity index (χ0v) is 12.5. The second kappa shape index (κ2) is 6.13. The summed E-state index contributed by atoms with van der Waals surface area (Å²) in [5, 5.41) is 10.8. The van der Waals surface area contributed by atoms with E-state index in [1.54, 1.807) is 7.11 Å². The molecule has 6 heteroatoms. The van der Waals surface area contributed by atoms with Crippen molar-refractivity contribution in [1.82, 2.24) is 20.5 Å². The molecule has 21 heavy (non-hydrogen) atoms. The van der Waals surface area contributed by atoms with Crippen molar-refractivity contribution in [3.63, 3.8) is 0 Å². The lowest BCUT2D eigenvalue weighted by Crippen LogP contribution is -2.49. The third kappa shape index (κ3) is 3.33. The maximum atomic E-state index is 5.16. The van der Waals surface area contributed by atoms with Crippen LogP contribution in [0.4, 0.5) is 5.95 Å². The van der Waals surface area contributed by atoms with E-state index in [-0.39, 0.29) is 0 Å². The summed E-state index contributed by atoms with van der Waals surface area (Å²) in [7, 11) is 1.67. The maximum Gasteiger partial charge on any atom is 0.244 e. The molecule has 1 atom stereocenters. The molecule has 3 rings (SSSR count). The van der Waals surface area contributed by atoms with Gasteiger partial charge in [-0.1, -0.05) is 12.1 Å². The molecule has 6 nitrogen and oxygen atoms in total. The van der Waals surface area contributed by atoms with Crippen LogP contribution in [0.15, 0.2) is 24.3 Å². The third-order valence-corrected chi connectivity index (χ3v) is 3.70. The van der Waals surface area contributed by atoms with Gasteiger partial charge in [0.15, 0.2) is 0 Å². The number of hydrogen-bond acceptors (Lipinski definition) is 5. The van der Waals surface area contributed by atoms with Crippen molar-refractivity contribution in [2.45, 2.75) is 19.4 Å². The average molecular weight is 287 g/mol. The minimum absolute atomic E-state index is 0.474. The Balaban J connectivity index is 1.66. The van der Waals surface area contributed by atoms with Crippen LogP contribution < -0.4 is 15.0 Å². The topological polar surface area (TPSA) is 66.1 Å². The summed E-state index contributed by atoms with van der Waals surface area (Å²) in [5.41, 5.74) is 1.19. The van der Waals surface area contributed by atoms with E-state index in [4.69, 9.17) is 4.74 Å². The van der Waals surface area contributed by atoms with Crippen molar-refractivity contribution in [3.05, 3.63) is 35.7 Å². The van der Waals surface area contributed by atoms with Gasteiger partial charge in [0.1, 0.15) is 11.6 Å². The second-order valence-electron chi connectivity index (χ2n) is 5.41. The normalized spacial score (nSPS) is 18.8. The number of piperazine rings is 1. The van der Waals surface area contributed by atoms with E-state index in [2.05, 4.69) is 32.3 Å². The number of rotatable bonds is 4. The Labute approximate surface area is 124 Å². The average Bonchev–Trinajstić information content (AvgIpc) is 2.97. The van der Waals surface area contributed by atoms with Gasteiger partial charge in [-0.3, -0.25) is 5.10 Å². The molecule has 2 N–H and O–H groups in total. The highest BCUT2D eigenvalue weighted by molar-refractivity contribution is 5.32. The highest BCUT2D eigenvalue weighted by Crippen LogP contribution is 2.15. The Bertz CT molecular complexity index is 580. The molecule has 0 aliphatic carbocycles. The largest absolute Gasteiger partial charge is 0.497 e. The zero-order chi connectivity index (χ0) is 14.7. The van der Waals surface area contributed by atoms with Gasteiger partial charge < -0.3 is 15.0 Å². The summed E-state index contributed by atoms with van der Waals surface area (Å²) in [6.45, 7) is 5.05. The fourth-order valence-corrected chi connectivity index (χ4v) is 2.56. The van der Waals surface area contributed by atoms with Gasteiger partial charge in [-0.15, -0.1) is 5.10 Å². The van der Waals surface area contributed by atoms with Crippen LogP contribution in [0.25, 0.3) is 0 Å². The van der Waals surface area contributed by atoms with Gasteiger partial charge in [-0.05, 0) is 24.6 Å². The van der Waals surface area contributed by atoms with Crippen LogP contribution in [-0.2, 0) is 6.42 Å². The predicted molar refractivity (Wildman–Crippen MR) is 81.9 cm³/mol. The van der Waals surface area contributed by atoms with Crippen LogP contribution in [0.3, 0.4) is 0 Å². The predicted octanol–water partition coefficient (Wildman–Crippen LogP) is 1.20. The summed E-state index contributed by atoms with van der Waals surface area (Å²) < 4.78 is 5.16. The lowest BCUT2D eigenvalue weighted by molar-refractivity contribution is 0.414. The molecule has 1 aromatic heterocycles.